The Morgan fingerprint density at radius 1 is 1.33 bits per heavy atom. The highest BCUT2D eigenvalue weighted by Crippen LogP contribution is 2.33. The molecule has 0 radical (unpaired) electrons. The fourth-order valence-electron chi connectivity index (χ4n) is 2.64. The van der Waals surface area contributed by atoms with Crippen LogP contribution in [0, 0.1) is 0 Å². The van der Waals surface area contributed by atoms with E-state index in [0.29, 0.717) is 6.42 Å². The third-order valence-corrected chi connectivity index (χ3v) is 7.64. The molecule has 0 spiro atoms. The lowest BCUT2D eigenvalue weighted by Gasteiger charge is -2.35. The van der Waals surface area contributed by atoms with Gasteiger partial charge in [0.25, 0.3) is 0 Å². The van der Waals surface area contributed by atoms with Crippen LogP contribution in [0.5, 0.6) is 0 Å². The first kappa shape index (κ1) is 16.2. The highest BCUT2D eigenvalue weighted by molar-refractivity contribution is 7.92. The van der Waals surface area contributed by atoms with E-state index in [4.69, 9.17) is 0 Å². The van der Waals surface area contributed by atoms with E-state index in [1.165, 1.54) is 22.5 Å². The van der Waals surface area contributed by atoms with Gasteiger partial charge in [0.15, 0.2) is 9.84 Å². The van der Waals surface area contributed by atoms with Gasteiger partial charge in [0.05, 0.1) is 16.4 Å². The van der Waals surface area contributed by atoms with Gasteiger partial charge in [-0.25, -0.2) is 16.8 Å². The van der Waals surface area contributed by atoms with Gasteiger partial charge in [0, 0.05) is 12.1 Å². The maximum atomic E-state index is 12.8. The van der Waals surface area contributed by atoms with E-state index in [-0.39, 0.29) is 22.9 Å². The molecule has 1 aromatic rings. The molecule has 1 fully saturated rings. The van der Waals surface area contributed by atoms with Crippen molar-refractivity contribution in [1.29, 1.82) is 0 Å². The Hall–Kier alpha value is -1.18. The first-order valence-electron chi connectivity index (χ1n) is 6.60. The third-order valence-electron chi connectivity index (χ3n) is 3.71. The summed E-state index contributed by atoms with van der Waals surface area (Å²) in [5, 5.41) is 0. The number of hydrogen-bond donors (Lipinski definition) is 0. The Kier molecular flexibility index (Phi) is 4.28. The van der Waals surface area contributed by atoms with E-state index in [1.807, 2.05) is 0 Å². The minimum atomic E-state index is -3.76. The molecule has 5 nitrogen and oxygen atoms in total. The average Bonchev–Trinajstić information content (AvgIpc) is 2.71. The lowest BCUT2D eigenvalue weighted by molar-refractivity contribution is 0.252. The predicted molar refractivity (Wildman–Crippen MR) is 82.2 cm³/mol. The van der Waals surface area contributed by atoms with Gasteiger partial charge in [-0.1, -0.05) is 24.3 Å². The van der Waals surface area contributed by atoms with Crippen LogP contribution in [0.4, 0.5) is 0 Å². The summed E-state index contributed by atoms with van der Waals surface area (Å²) in [6, 6.07) is 8.05. The second-order valence-corrected chi connectivity index (χ2v) is 9.52. The van der Waals surface area contributed by atoms with Crippen LogP contribution in [0.15, 0.2) is 47.9 Å². The second kappa shape index (κ2) is 5.55. The number of sulfone groups is 1. The van der Waals surface area contributed by atoms with Crippen molar-refractivity contribution in [2.24, 2.45) is 0 Å². The monoisotopic (exact) mass is 329 g/mol. The molecule has 116 valence electrons. The van der Waals surface area contributed by atoms with Crippen molar-refractivity contribution in [3.8, 4) is 0 Å². The van der Waals surface area contributed by atoms with E-state index >= 15 is 0 Å². The molecule has 1 heterocycles. The van der Waals surface area contributed by atoms with Gasteiger partial charge in [0.2, 0.25) is 10.0 Å². The van der Waals surface area contributed by atoms with Gasteiger partial charge in [-0.05, 0) is 25.5 Å². The second-order valence-electron chi connectivity index (χ2n) is 5.48. The molecule has 1 aliphatic rings. The fourth-order valence-corrected chi connectivity index (χ4v) is 6.65. The van der Waals surface area contributed by atoms with Gasteiger partial charge in [0.1, 0.15) is 0 Å². The quantitative estimate of drug-likeness (QED) is 0.766. The van der Waals surface area contributed by atoms with Crippen LogP contribution in [0.1, 0.15) is 13.3 Å². The van der Waals surface area contributed by atoms with Crippen molar-refractivity contribution in [2.45, 2.75) is 23.8 Å². The molecule has 0 bridgehead atoms. The number of nitrogens with zero attached hydrogens (tertiary/aromatic N) is 1. The molecule has 7 heteroatoms. The number of hydrogen-bond acceptors (Lipinski definition) is 4. The molecule has 0 unspecified atom stereocenters. The van der Waals surface area contributed by atoms with Crippen LogP contribution < -0.4 is 0 Å². The first-order chi connectivity index (χ1) is 9.71. The zero-order valence-corrected chi connectivity index (χ0v) is 13.5. The molecule has 1 aliphatic heterocycles. The Morgan fingerprint density at radius 2 is 1.95 bits per heavy atom. The smallest absolute Gasteiger partial charge is 0.229 e. The maximum Gasteiger partial charge on any atom is 0.243 e. The number of rotatable bonds is 5. The van der Waals surface area contributed by atoms with Gasteiger partial charge < -0.3 is 0 Å². The highest BCUT2D eigenvalue weighted by atomic mass is 32.2. The summed E-state index contributed by atoms with van der Waals surface area (Å²) in [5.74, 6) is -0.138. The Bertz CT molecular complexity index is 725. The molecule has 21 heavy (non-hydrogen) atoms. The molecule has 0 N–H and O–H groups in total. The minimum absolute atomic E-state index is 0.0153. The van der Waals surface area contributed by atoms with Gasteiger partial charge in [-0.2, -0.15) is 4.31 Å². The van der Waals surface area contributed by atoms with E-state index in [0.717, 1.165) is 0 Å². The largest absolute Gasteiger partial charge is 0.243 e. The SMILES string of the molecule is C=CCN([C@]1(C)CCS(=O)(=O)C1)S(=O)(=O)c1ccccc1. The molecule has 1 aromatic carbocycles. The fraction of sp³-hybridized carbons (Fsp3) is 0.429. The molecule has 0 aliphatic carbocycles. The lowest BCUT2D eigenvalue weighted by Crippen LogP contribution is -2.50. The maximum absolute atomic E-state index is 12.8. The molecule has 1 atom stereocenters. The summed E-state index contributed by atoms with van der Waals surface area (Å²) in [6.45, 7) is 5.36. The molecule has 0 amide bonds. The number of sulfonamides is 1. The Labute approximate surface area is 126 Å². The summed E-state index contributed by atoms with van der Waals surface area (Å²) >= 11 is 0. The third kappa shape index (κ3) is 3.20. The molecule has 2 rings (SSSR count). The van der Waals surface area contributed by atoms with Gasteiger partial charge >= 0.3 is 0 Å². The van der Waals surface area contributed by atoms with Crippen LogP contribution in [0.2, 0.25) is 0 Å². The predicted octanol–water partition coefficient (Wildman–Crippen LogP) is 1.44. The van der Waals surface area contributed by atoms with Crippen molar-refractivity contribution in [1.82, 2.24) is 4.31 Å². The lowest BCUT2D eigenvalue weighted by atomic mass is 10.0. The van der Waals surface area contributed by atoms with E-state index < -0.39 is 25.4 Å². The topological polar surface area (TPSA) is 71.5 Å². The van der Waals surface area contributed by atoms with Crippen LogP contribution in [-0.2, 0) is 19.9 Å². The zero-order chi connectivity index (χ0) is 15.7. The van der Waals surface area contributed by atoms with Crippen LogP contribution in [0.25, 0.3) is 0 Å². The van der Waals surface area contributed by atoms with Gasteiger partial charge in [-0.3, -0.25) is 0 Å². The molecular weight excluding hydrogens is 310 g/mol. The van der Waals surface area contributed by atoms with Crippen LogP contribution in [-0.4, -0.2) is 44.7 Å². The van der Waals surface area contributed by atoms with Gasteiger partial charge in [-0.15, -0.1) is 6.58 Å². The van der Waals surface area contributed by atoms with E-state index in [1.54, 1.807) is 25.1 Å². The van der Waals surface area contributed by atoms with E-state index in [2.05, 4.69) is 6.58 Å². The Balaban J connectivity index is 2.47. The summed E-state index contributed by atoms with van der Waals surface area (Å²) in [7, 11) is -6.96. The van der Waals surface area contributed by atoms with Crippen LogP contribution >= 0.6 is 0 Å². The summed E-state index contributed by atoms with van der Waals surface area (Å²) in [5.41, 5.74) is -0.929. The summed E-state index contributed by atoms with van der Waals surface area (Å²) in [6.07, 6.45) is 1.78. The van der Waals surface area contributed by atoms with Crippen LogP contribution in [0.3, 0.4) is 0 Å². The average molecular weight is 329 g/mol. The molecule has 1 saturated heterocycles. The molecule has 0 saturated carbocycles. The van der Waals surface area contributed by atoms with Crippen molar-refractivity contribution in [2.75, 3.05) is 18.1 Å². The first-order valence-corrected chi connectivity index (χ1v) is 9.87. The highest BCUT2D eigenvalue weighted by Gasteiger charge is 2.47. The van der Waals surface area contributed by atoms with Crippen molar-refractivity contribution >= 4 is 19.9 Å². The molecule has 0 aromatic heterocycles. The van der Waals surface area contributed by atoms with Crippen molar-refractivity contribution in [3.05, 3.63) is 43.0 Å². The summed E-state index contributed by atoms with van der Waals surface area (Å²) < 4.78 is 50.4. The molecular formula is C14H19NO4S2. The normalized spacial score (nSPS) is 25.0. The van der Waals surface area contributed by atoms with Crippen molar-refractivity contribution < 1.29 is 16.8 Å². The minimum Gasteiger partial charge on any atom is -0.229 e. The van der Waals surface area contributed by atoms with Crippen molar-refractivity contribution in [3.63, 3.8) is 0 Å². The Morgan fingerprint density at radius 3 is 2.43 bits per heavy atom. The van der Waals surface area contributed by atoms with E-state index in [9.17, 15) is 16.8 Å². The number of benzene rings is 1. The standard InChI is InChI=1S/C14H19NO4S2/c1-3-10-15(14(2)9-11-20(16,17)12-14)21(18,19)13-7-5-4-6-8-13/h3-8H,1,9-12H2,2H3/t14-/m1/s1. The zero-order valence-electron chi connectivity index (χ0n) is 11.9. The summed E-state index contributed by atoms with van der Waals surface area (Å²) in [4.78, 5) is 0.164.